The lowest BCUT2D eigenvalue weighted by molar-refractivity contribution is 0.0438. The molecular formula is C21H27N3O4S. The van der Waals surface area contributed by atoms with E-state index in [0.717, 1.165) is 10.6 Å². The molecule has 0 aliphatic rings. The highest BCUT2D eigenvalue weighted by Gasteiger charge is 2.06. The molecule has 0 saturated heterocycles. The fraction of sp³-hybridized carbons (Fsp3) is 0.429. The van der Waals surface area contributed by atoms with Crippen LogP contribution in [0.15, 0.2) is 30.5 Å². The molecule has 156 valence electrons. The number of carbonyl (C=O) groups is 1. The van der Waals surface area contributed by atoms with Gasteiger partial charge in [0, 0.05) is 0 Å². The minimum absolute atomic E-state index is 0.123. The fourth-order valence-corrected chi connectivity index (χ4v) is 2.68. The number of ether oxygens (including phenoxy) is 2. The normalized spacial score (nSPS) is 11.6. The predicted octanol–water partition coefficient (Wildman–Crippen LogP) is 4.35. The van der Waals surface area contributed by atoms with Gasteiger partial charge in [-0.15, -0.1) is 0 Å². The highest BCUT2D eigenvalue weighted by Crippen LogP contribution is 2.27. The van der Waals surface area contributed by atoms with Crippen molar-refractivity contribution in [2.75, 3.05) is 6.61 Å². The van der Waals surface area contributed by atoms with E-state index < -0.39 is 6.03 Å². The zero-order valence-electron chi connectivity index (χ0n) is 17.3. The number of thiazole rings is 1. The van der Waals surface area contributed by atoms with E-state index >= 15 is 0 Å². The average Bonchev–Trinajstić information content (AvgIpc) is 3.08. The van der Waals surface area contributed by atoms with Gasteiger partial charge in [-0.2, -0.15) is 0 Å². The number of rotatable bonds is 8. The number of amides is 2. The van der Waals surface area contributed by atoms with Crippen LogP contribution in [0.25, 0.3) is 0 Å². The highest BCUT2D eigenvalue weighted by molar-refractivity contribution is 7.13. The predicted molar refractivity (Wildman–Crippen MR) is 113 cm³/mol. The van der Waals surface area contributed by atoms with E-state index in [-0.39, 0.29) is 12.1 Å². The lowest BCUT2D eigenvalue weighted by atomic mass is 10.2. The number of carbonyl (C=O) groups excluding carboxylic acids is 1. The molecule has 2 N–H and O–H groups in total. The van der Waals surface area contributed by atoms with Gasteiger partial charge < -0.3 is 14.8 Å². The summed E-state index contributed by atoms with van der Waals surface area (Å²) in [5, 5.41) is 3.17. The fourth-order valence-electron chi connectivity index (χ4n) is 2.04. The van der Waals surface area contributed by atoms with E-state index in [9.17, 15) is 4.79 Å². The number of hydroxylamine groups is 1. The van der Waals surface area contributed by atoms with Crippen molar-refractivity contribution in [3.63, 3.8) is 0 Å². The molecule has 0 fully saturated rings. The van der Waals surface area contributed by atoms with Gasteiger partial charge >= 0.3 is 6.03 Å². The van der Waals surface area contributed by atoms with E-state index in [0.29, 0.717) is 23.5 Å². The summed E-state index contributed by atoms with van der Waals surface area (Å²) in [5.74, 6) is 7.73. The smallest absolute Gasteiger partial charge is 0.339 e. The Balaban J connectivity index is 1.83. The molecule has 7 nitrogen and oxygen atoms in total. The number of hydrogen-bond donors (Lipinski definition) is 2. The van der Waals surface area contributed by atoms with Crippen LogP contribution in [0, 0.1) is 17.8 Å². The van der Waals surface area contributed by atoms with Crippen LogP contribution in [0.2, 0.25) is 0 Å². The molecule has 29 heavy (non-hydrogen) atoms. The molecule has 2 rings (SSSR count). The molecule has 0 bridgehead atoms. The molecule has 1 heterocycles. The van der Waals surface area contributed by atoms with Crippen molar-refractivity contribution >= 4 is 17.4 Å². The molecule has 2 aromatic rings. The zero-order chi connectivity index (χ0) is 21.2. The second-order valence-corrected chi connectivity index (χ2v) is 8.00. The van der Waals surface area contributed by atoms with Crippen LogP contribution >= 0.6 is 11.3 Å². The summed E-state index contributed by atoms with van der Waals surface area (Å²) < 4.78 is 11.3. The maximum Gasteiger partial charge on any atom is 0.339 e. The average molecular weight is 418 g/mol. The topological polar surface area (TPSA) is 81.7 Å². The van der Waals surface area contributed by atoms with Gasteiger partial charge in [0.1, 0.15) is 16.4 Å². The summed E-state index contributed by atoms with van der Waals surface area (Å²) in [4.78, 5) is 21.7. The van der Waals surface area contributed by atoms with Gasteiger partial charge in [0.05, 0.1) is 24.9 Å². The Morgan fingerprint density at radius 2 is 1.83 bits per heavy atom. The van der Waals surface area contributed by atoms with Gasteiger partial charge in [-0.05, 0) is 51.0 Å². The first kappa shape index (κ1) is 22.5. The number of hydrogen-bond acceptors (Lipinski definition) is 6. The van der Waals surface area contributed by atoms with Crippen molar-refractivity contribution in [2.45, 2.75) is 46.8 Å². The minimum Gasteiger partial charge on any atom is -0.491 e. The monoisotopic (exact) mass is 417 g/mol. The molecule has 8 heteroatoms. The number of urea groups is 1. The van der Waals surface area contributed by atoms with Gasteiger partial charge in [0.2, 0.25) is 0 Å². The highest BCUT2D eigenvalue weighted by atomic mass is 32.1. The van der Waals surface area contributed by atoms with Gasteiger partial charge in [-0.1, -0.05) is 37.0 Å². The van der Waals surface area contributed by atoms with Crippen molar-refractivity contribution in [3.05, 3.63) is 35.3 Å². The largest absolute Gasteiger partial charge is 0.491 e. The molecule has 0 saturated carbocycles. The summed E-state index contributed by atoms with van der Waals surface area (Å²) >= 11 is 1.33. The Morgan fingerprint density at radius 1 is 1.14 bits per heavy atom. The van der Waals surface area contributed by atoms with Gasteiger partial charge in [-0.25, -0.2) is 15.3 Å². The van der Waals surface area contributed by atoms with E-state index in [1.807, 2.05) is 52.0 Å². The second-order valence-electron chi connectivity index (χ2n) is 7.00. The summed E-state index contributed by atoms with van der Waals surface area (Å²) in [6, 6.07) is 6.59. The van der Waals surface area contributed by atoms with E-state index in [2.05, 4.69) is 27.6 Å². The quantitative estimate of drug-likeness (QED) is 0.493. The van der Waals surface area contributed by atoms with Crippen molar-refractivity contribution < 1.29 is 19.1 Å². The molecule has 1 atom stereocenters. The number of benzene rings is 1. The maximum atomic E-state index is 11.7. The summed E-state index contributed by atoms with van der Waals surface area (Å²) in [5.41, 5.74) is 2.33. The first-order chi connectivity index (χ1) is 13.8. The first-order valence-corrected chi connectivity index (χ1v) is 10.2. The zero-order valence-corrected chi connectivity index (χ0v) is 18.1. The third-order valence-corrected chi connectivity index (χ3v) is 4.02. The van der Waals surface area contributed by atoms with Crippen LogP contribution in [0.4, 0.5) is 4.79 Å². The molecule has 1 aromatic carbocycles. The number of nitrogens with one attached hydrogen (secondary N) is 2. The summed E-state index contributed by atoms with van der Waals surface area (Å²) in [6.45, 7) is 10.2. The van der Waals surface area contributed by atoms with Crippen molar-refractivity contribution in [3.8, 4) is 28.5 Å². The SMILES string of the molecule is CC(C)CONC(=O)NC(C)C#Cc1cnc(Oc2ccc(OC(C)C)cc2)s1. The van der Waals surface area contributed by atoms with Crippen molar-refractivity contribution in [2.24, 2.45) is 5.92 Å². The Hall–Kier alpha value is -2.76. The lowest BCUT2D eigenvalue weighted by Crippen LogP contribution is -2.40. The number of nitrogens with zero attached hydrogens (tertiary/aromatic N) is 1. The molecule has 0 aliphatic carbocycles. The van der Waals surface area contributed by atoms with Crippen LogP contribution in [-0.2, 0) is 4.84 Å². The van der Waals surface area contributed by atoms with Crippen LogP contribution in [0.1, 0.15) is 39.5 Å². The van der Waals surface area contributed by atoms with Gasteiger partial charge in [0.15, 0.2) is 0 Å². The molecule has 1 unspecified atom stereocenters. The van der Waals surface area contributed by atoms with Crippen LogP contribution in [0.3, 0.4) is 0 Å². The third-order valence-electron chi connectivity index (χ3n) is 3.23. The van der Waals surface area contributed by atoms with E-state index in [1.54, 1.807) is 13.1 Å². The van der Waals surface area contributed by atoms with E-state index in [4.69, 9.17) is 14.3 Å². The molecular weight excluding hydrogens is 390 g/mol. The Morgan fingerprint density at radius 3 is 2.48 bits per heavy atom. The van der Waals surface area contributed by atoms with Crippen molar-refractivity contribution in [1.82, 2.24) is 15.8 Å². The Bertz CT molecular complexity index is 838. The molecule has 1 aromatic heterocycles. The van der Waals surface area contributed by atoms with E-state index in [1.165, 1.54) is 11.3 Å². The summed E-state index contributed by atoms with van der Waals surface area (Å²) in [7, 11) is 0. The lowest BCUT2D eigenvalue weighted by Gasteiger charge is -2.10. The Kier molecular flexibility index (Phi) is 8.77. The number of aromatic nitrogens is 1. The summed E-state index contributed by atoms with van der Waals surface area (Å²) in [6.07, 6.45) is 1.76. The standard InChI is InChI=1S/C21H27N3O4S/c1-14(2)13-26-24-20(25)23-16(5)6-11-19-12-22-21(29-19)28-18-9-7-17(8-10-18)27-15(3)4/h7-10,12,14-16H,13H2,1-5H3,(H2,23,24,25). The molecule has 2 amide bonds. The van der Waals surface area contributed by atoms with Crippen LogP contribution in [0.5, 0.6) is 16.7 Å². The maximum absolute atomic E-state index is 11.7. The van der Waals surface area contributed by atoms with Crippen LogP contribution in [-0.4, -0.2) is 29.8 Å². The second kappa shape index (κ2) is 11.3. The third kappa shape index (κ3) is 8.85. The van der Waals surface area contributed by atoms with Gasteiger partial charge in [0.25, 0.3) is 5.19 Å². The molecule has 0 spiro atoms. The van der Waals surface area contributed by atoms with Crippen LogP contribution < -0.4 is 20.3 Å². The first-order valence-electron chi connectivity index (χ1n) is 9.42. The molecule has 0 radical (unpaired) electrons. The van der Waals surface area contributed by atoms with Crippen molar-refractivity contribution in [1.29, 1.82) is 0 Å². The minimum atomic E-state index is -0.425. The molecule has 0 aliphatic heterocycles. The Labute approximate surface area is 175 Å². The van der Waals surface area contributed by atoms with Gasteiger partial charge in [-0.3, -0.25) is 4.84 Å².